The summed E-state index contributed by atoms with van der Waals surface area (Å²) in [6.07, 6.45) is 0. The van der Waals surface area contributed by atoms with Crippen molar-refractivity contribution in [2.24, 2.45) is 0 Å². The van der Waals surface area contributed by atoms with Crippen molar-refractivity contribution in [1.82, 2.24) is 0 Å². The normalized spacial score (nSPS) is 12.2. The predicted octanol–water partition coefficient (Wildman–Crippen LogP) is 2.30. The van der Waals surface area contributed by atoms with Gasteiger partial charge in [-0.1, -0.05) is 22.0 Å². The number of anilines is 1. The Bertz CT molecular complexity index is 589. The molecule has 0 radical (unpaired) electrons. The van der Waals surface area contributed by atoms with Crippen LogP contribution >= 0.6 is 27.3 Å². The molecule has 2 rings (SSSR count). The van der Waals surface area contributed by atoms with Gasteiger partial charge in [0.25, 0.3) is 5.91 Å². The molecule has 0 aliphatic heterocycles. The summed E-state index contributed by atoms with van der Waals surface area (Å²) in [4.78, 5) is 14.2. The van der Waals surface area contributed by atoms with Crippen LogP contribution in [0.5, 0.6) is 0 Å². The number of carbonyl (C=O) groups excluding carboxylic acids is 1. The second-order valence-electron chi connectivity index (χ2n) is 4.56. The molecule has 1 aromatic carbocycles. The highest BCUT2D eigenvalue weighted by molar-refractivity contribution is 9.10. The zero-order valence-electron chi connectivity index (χ0n) is 11.0. The highest BCUT2D eigenvalue weighted by Gasteiger charge is 2.13. The lowest BCUT2D eigenvalue weighted by atomic mass is 10.3. The summed E-state index contributed by atoms with van der Waals surface area (Å²) in [6.45, 7) is 1.08. The summed E-state index contributed by atoms with van der Waals surface area (Å²) in [7, 11) is 1.94. The van der Waals surface area contributed by atoms with Crippen LogP contribution in [0.15, 0.2) is 40.2 Å². The standard InChI is InChI=1S/C14H14BrFN2OS/c1-18(8-11-3-2-6-20-11)9-14(19)17-13-5-4-10(15)7-12(13)16/h2-7H,8-9H2,1H3,(H,17,19)/p+1. The van der Waals surface area contributed by atoms with Crippen molar-refractivity contribution in [3.63, 3.8) is 0 Å². The monoisotopic (exact) mass is 357 g/mol. The van der Waals surface area contributed by atoms with E-state index in [1.807, 2.05) is 24.6 Å². The van der Waals surface area contributed by atoms with Gasteiger partial charge in [0.15, 0.2) is 6.54 Å². The highest BCUT2D eigenvalue weighted by Crippen LogP contribution is 2.18. The van der Waals surface area contributed by atoms with Gasteiger partial charge in [0.1, 0.15) is 12.4 Å². The van der Waals surface area contributed by atoms with Crippen molar-refractivity contribution in [3.8, 4) is 0 Å². The molecule has 2 N–H and O–H groups in total. The number of rotatable bonds is 5. The molecule has 20 heavy (non-hydrogen) atoms. The van der Waals surface area contributed by atoms with Crippen molar-refractivity contribution < 1.29 is 14.1 Å². The lowest BCUT2D eigenvalue weighted by Gasteiger charge is -2.13. The van der Waals surface area contributed by atoms with E-state index in [1.165, 1.54) is 10.9 Å². The molecule has 0 bridgehead atoms. The largest absolute Gasteiger partial charge is 0.325 e. The molecule has 0 aliphatic rings. The van der Waals surface area contributed by atoms with E-state index in [4.69, 9.17) is 0 Å². The summed E-state index contributed by atoms with van der Waals surface area (Å²) >= 11 is 4.85. The van der Waals surface area contributed by atoms with Crippen LogP contribution < -0.4 is 10.2 Å². The van der Waals surface area contributed by atoms with Crippen LogP contribution in [0.2, 0.25) is 0 Å². The maximum atomic E-state index is 13.6. The van der Waals surface area contributed by atoms with Crippen molar-refractivity contribution in [3.05, 3.63) is 50.9 Å². The van der Waals surface area contributed by atoms with Gasteiger partial charge in [0.05, 0.1) is 17.6 Å². The smallest absolute Gasteiger partial charge is 0.279 e. The van der Waals surface area contributed by atoms with Gasteiger partial charge >= 0.3 is 0 Å². The number of benzene rings is 1. The topological polar surface area (TPSA) is 33.5 Å². The molecule has 1 amide bonds. The molecule has 0 saturated heterocycles. The van der Waals surface area contributed by atoms with Gasteiger partial charge < -0.3 is 10.2 Å². The zero-order valence-corrected chi connectivity index (χ0v) is 13.4. The van der Waals surface area contributed by atoms with Crippen molar-refractivity contribution in [2.45, 2.75) is 6.54 Å². The first-order valence-corrected chi connectivity index (χ1v) is 7.80. The van der Waals surface area contributed by atoms with Crippen LogP contribution in [0.4, 0.5) is 10.1 Å². The SMILES string of the molecule is C[NH+](CC(=O)Nc1ccc(Br)cc1F)Cc1cccs1. The van der Waals surface area contributed by atoms with E-state index in [0.29, 0.717) is 11.0 Å². The number of nitrogens with one attached hydrogen (secondary N) is 2. The molecule has 1 aromatic heterocycles. The summed E-state index contributed by atoms with van der Waals surface area (Å²) < 4.78 is 14.3. The minimum absolute atomic E-state index is 0.194. The number of halogens is 2. The van der Waals surface area contributed by atoms with Crippen molar-refractivity contribution >= 4 is 38.9 Å². The Morgan fingerprint density at radius 3 is 2.90 bits per heavy atom. The van der Waals surface area contributed by atoms with Crippen LogP contribution in [-0.4, -0.2) is 19.5 Å². The Morgan fingerprint density at radius 1 is 1.45 bits per heavy atom. The summed E-state index contributed by atoms with van der Waals surface area (Å²) in [6, 6.07) is 8.61. The summed E-state index contributed by atoms with van der Waals surface area (Å²) in [5.41, 5.74) is 0.210. The van der Waals surface area contributed by atoms with Gasteiger partial charge in [0, 0.05) is 4.47 Å². The first-order chi connectivity index (χ1) is 9.54. The number of hydrogen-bond donors (Lipinski definition) is 2. The Hall–Kier alpha value is -1.24. The van der Waals surface area contributed by atoms with Gasteiger partial charge in [-0.15, -0.1) is 11.3 Å². The predicted molar refractivity (Wildman–Crippen MR) is 82.5 cm³/mol. The number of thiophene rings is 1. The van der Waals surface area contributed by atoms with Crippen LogP contribution in [-0.2, 0) is 11.3 Å². The van der Waals surface area contributed by atoms with E-state index in [2.05, 4.69) is 21.2 Å². The lowest BCUT2D eigenvalue weighted by Crippen LogP contribution is -3.08. The van der Waals surface area contributed by atoms with Gasteiger partial charge in [0.2, 0.25) is 0 Å². The fourth-order valence-electron chi connectivity index (χ4n) is 1.83. The maximum absolute atomic E-state index is 13.6. The third-order valence-electron chi connectivity index (χ3n) is 2.72. The average Bonchev–Trinajstić information content (AvgIpc) is 2.85. The molecule has 106 valence electrons. The Morgan fingerprint density at radius 2 is 2.25 bits per heavy atom. The van der Waals surface area contributed by atoms with Gasteiger partial charge in [-0.25, -0.2) is 4.39 Å². The van der Waals surface area contributed by atoms with E-state index in [1.54, 1.807) is 23.5 Å². The van der Waals surface area contributed by atoms with Gasteiger partial charge in [-0.05, 0) is 29.6 Å². The van der Waals surface area contributed by atoms with Crippen LogP contribution in [0.25, 0.3) is 0 Å². The Labute approximate surface area is 129 Å². The van der Waals surface area contributed by atoms with Gasteiger partial charge in [-0.3, -0.25) is 4.79 Å². The minimum Gasteiger partial charge on any atom is -0.325 e. The van der Waals surface area contributed by atoms with Crippen LogP contribution in [0.1, 0.15) is 4.88 Å². The van der Waals surface area contributed by atoms with E-state index in [0.717, 1.165) is 11.4 Å². The second kappa shape index (κ2) is 6.97. The number of carbonyl (C=O) groups is 1. The molecule has 6 heteroatoms. The molecule has 0 aliphatic carbocycles. The molecule has 3 nitrogen and oxygen atoms in total. The number of amides is 1. The first-order valence-electron chi connectivity index (χ1n) is 6.13. The maximum Gasteiger partial charge on any atom is 0.279 e. The van der Waals surface area contributed by atoms with E-state index in [9.17, 15) is 9.18 Å². The molecule has 1 heterocycles. The van der Waals surface area contributed by atoms with Crippen molar-refractivity contribution in [2.75, 3.05) is 18.9 Å². The summed E-state index contributed by atoms with van der Waals surface area (Å²) in [5.74, 6) is -0.635. The van der Waals surface area contributed by atoms with Gasteiger partial charge in [-0.2, -0.15) is 0 Å². The van der Waals surface area contributed by atoms with Crippen LogP contribution in [0.3, 0.4) is 0 Å². The Kier molecular flexibility index (Phi) is 5.28. The molecule has 1 unspecified atom stereocenters. The quantitative estimate of drug-likeness (QED) is 0.845. The second-order valence-corrected chi connectivity index (χ2v) is 6.51. The third kappa shape index (κ3) is 4.40. The molecular weight excluding hydrogens is 343 g/mol. The lowest BCUT2D eigenvalue weighted by molar-refractivity contribution is -0.884. The fourth-order valence-corrected chi connectivity index (χ4v) is 2.98. The minimum atomic E-state index is -0.441. The number of quaternary nitrogens is 1. The molecule has 0 saturated carbocycles. The molecule has 0 spiro atoms. The van der Waals surface area contributed by atoms with Crippen molar-refractivity contribution in [1.29, 1.82) is 0 Å². The molecule has 2 aromatic rings. The van der Waals surface area contributed by atoms with E-state index < -0.39 is 5.82 Å². The van der Waals surface area contributed by atoms with E-state index in [-0.39, 0.29) is 11.6 Å². The molecular formula is C14H15BrFN2OS+. The Balaban J connectivity index is 1.88. The fraction of sp³-hybridized carbons (Fsp3) is 0.214. The molecule has 0 fully saturated rings. The average molecular weight is 358 g/mol. The van der Waals surface area contributed by atoms with E-state index >= 15 is 0 Å². The third-order valence-corrected chi connectivity index (χ3v) is 4.09. The number of hydrogen-bond acceptors (Lipinski definition) is 2. The van der Waals surface area contributed by atoms with Crippen LogP contribution in [0, 0.1) is 5.82 Å². The molecule has 1 atom stereocenters. The highest BCUT2D eigenvalue weighted by atomic mass is 79.9. The first kappa shape index (κ1) is 15.2. The number of likely N-dealkylation sites (N-methyl/N-ethyl adjacent to an activating group) is 1. The summed E-state index contributed by atoms with van der Waals surface area (Å²) in [5, 5.41) is 4.61. The zero-order chi connectivity index (χ0) is 14.5.